The van der Waals surface area contributed by atoms with Crippen LogP contribution in [0, 0.1) is 6.92 Å². The van der Waals surface area contributed by atoms with E-state index in [1.807, 2.05) is 51.1 Å². The van der Waals surface area contributed by atoms with Crippen LogP contribution in [0.2, 0.25) is 5.02 Å². The molecule has 0 saturated heterocycles. The predicted octanol–water partition coefficient (Wildman–Crippen LogP) is 5.10. The molecule has 0 N–H and O–H groups in total. The summed E-state index contributed by atoms with van der Waals surface area (Å²) < 4.78 is 11.5. The number of aryl methyl sites for hydroxylation is 1. The van der Waals surface area contributed by atoms with E-state index in [2.05, 4.69) is 0 Å². The number of ether oxygens (including phenoxy) is 2. The van der Waals surface area contributed by atoms with Crippen LogP contribution in [-0.2, 0) is 6.61 Å². The van der Waals surface area contributed by atoms with E-state index in [0.717, 1.165) is 16.7 Å². The van der Waals surface area contributed by atoms with Crippen molar-refractivity contribution in [3.8, 4) is 11.5 Å². The molecule has 3 nitrogen and oxygen atoms in total. The maximum Gasteiger partial charge on any atom is 0.232 e. The molecule has 0 unspecified atom stereocenters. The third-order valence-corrected chi connectivity index (χ3v) is 3.90. The normalized spacial score (nSPS) is 12.9. The molecule has 118 valence electrons. The lowest BCUT2D eigenvalue weighted by atomic mass is 10.0. The summed E-state index contributed by atoms with van der Waals surface area (Å²) in [6.45, 7) is 6.03. The van der Waals surface area contributed by atoms with Crippen molar-refractivity contribution in [2.75, 3.05) is 0 Å². The Morgan fingerprint density at radius 3 is 2.70 bits per heavy atom. The molecule has 1 heterocycles. The van der Waals surface area contributed by atoms with Gasteiger partial charge in [0.1, 0.15) is 18.1 Å². The maximum atomic E-state index is 12.3. The van der Waals surface area contributed by atoms with Crippen molar-refractivity contribution >= 4 is 17.4 Å². The van der Waals surface area contributed by atoms with Crippen LogP contribution in [-0.4, -0.2) is 5.78 Å². The summed E-state index contributed by atoms with van der Waals surface area (Å²) in [4.78, 5) is 12.3. The summed E-state index contributed by atoms with van der Waals surface area (Å²) >= 11 is 5.97. The third-order valence-electron chi connectivity index (χ3n) is 3.67. The molecular formula is C19H17ClO3. The van der Waals surface area contributed by atoms with Gasteiger partial charge in [0.15, 0.2) is 5.76 Å². The number of carbonyl (C=O) groups is 1. The highest BCUT2D eigenvalue weighted by Gasteiger charge is 2.30. The second-order valence-corrected chi connectivity index (χ2v) is 6.23. The van der Waals surface area contributed by atoms with Gasteiger partial charge in [-0.1, -0.05) is 23.7 Å². The predicted molar refractivity (Wildman–Crippen MR) is 90.3 cm³/mol. The van der Waals surface area contributed by atoms with Gasteiger partial charge in [-0.05, 0) is 55.7 Å². The standard InChI is InChI=1S/C19H17ClO3/c1-11(2)19-18(21)17-12(3)7-15(9-16(17)23-19)22-10-13-5-4-6-14(20)8-13/h4-9H,10H2,1-3H3. The number of rotatable bonds is 3. The van der Waals surface area contributed by atoms with Crippen molar-refractivity contribution in [3.63, 3.8) is 0 Å². The molecule has 0 spiro atoms. The van der Waals surface area contributed by atoms with Gasteiger partial charge in [-0.25, -0.2) is 0 Å². The molecule has 3 rings (SSSR count). The average Bonchev–Trinajstić information content (AvgIpc) is 2.83. The number of halogens is 1. The molecule has 1 aliphatic rings. The van der Waals surface area contributed by atoms with Crippen molar-refractivity contribution in [2.45, 2.75) is 27.4 Å². The van der Waals surface area contributed by atoms with Crippen molar-refractivity contribution in [2.24, 2.45) is 0 Å². The highest BCUT2D eigenvalue weighted by Crippen LogP contribution is 2.38. The summed E-state index contributed by atoms with van der Waals surface area (Å²) in [7, 11) is 0. The molecule has 2 aromatic rings. The van der Waals surface area contributed by atoms with E-state index in [-0.39, 0.29) is 5.78 Å². The van der Waals surface area contributed by atoms with Crippen molar-refractivity contribution in [1.82, 2.24) is 0 Å². The van der Waals surface area contributed by atoms with Gasteiger partial charge < -0.3 is 9.47 Å². The third kappa shape index (κ3) is 3.10. The molecule has 0 aromatic heterocycles. The van der Waals surface area contributed by atoms with E-state index >= 15 is 0 Å². The first-order valence-electron chi connectivity index (χ1n) is 7.37. The molecule has 0 aliphatic carbocycles. The smallest absolute Gasteiger partial charge is 0.232 e. The lowest BCUT2D eigenvalue weighted by molar-refractivity contribution is 0.101. The Kier molecular flexibility index (Phi) is 4.14. The minimum Gasteiger partial charge on any atom is -0.489 e. The zero-order valence-corrected chi connectivity index (χ0v) is 14.0. The van der Waals surface area contributed by atoms with E-state index in [4.69, 9.17) is 21.1 Å². The number of hydrogen-bond acceptors (Lipinski definition) is 3. The molecule has 4 heteroatoms. The quantitative estimate of drug-likeness (QED) is 0.736. The molecule has 0 amide bonds. The second kappa shape index (κ2) is 6.09. The van der Waals surface area contributed by atoms with Crippen molar-refractivity contribution in [3.05, 3.63) is 69.4 Å². The summed E-state index contributed by atoms with van der Waals surface area (Å²) in [6, 6.07) is 11.2. The molecule has 0 atom stereocenters. The van der Waals surface area contributed by atoms with Crippen LogP contribution in [0.15, 0.2) is 47.7 Å². The first-order chi connectivity index (χ1) is 11.0. The van der Waals surface area contributed by atoms with E-state index in [1.165, 1.54) is 0 Å². The van der Waals surface area contributed by atoms with E-state index < -0.39 is 0 Å². The van der Waals surface area contributed by atoms with E-state index in [9.17, 15) is 4.79 Å². The largest absolute Gasteiger partial charge is 0.489 e. The summed E-state index contributed by atoms with van der Waals surface area (Å²) in [5.41, 5.74) is 3.32. The highest BCUT2D eigenvalue weighted by molar-refractivity contribution is 6.30. The molecule has 2 aromatic carbocycles. The second-order valence-electron chi connectivity index (χ2n) is 5.79. The van der Waals surface area contributed by atoms with Crippen LogP contribution >= 0.6 is 11.6 Å². The number of carbonyl (C=O) groups excluding carboxylic acids is 1. The lowest BCUT2D eigenvalue weighted by Crippen LogP contribution is -2.01. The van der Waals surface area contributed by atoms with Crippen LogP contribution in [0.25, 0.3) is 0 Å². The fraction of sp³-hybridized carbons (Fsp3) is 0.211. The molecule has 0 bridgehead atoms. The van der Waals surface area contributed by atoms with Crippen LogP contribution in [0.5, 0.6) is 11.5 Å². The van der Waals surface area contributed by atoms with E-state index in [0.29, 0.717) is 34.5 Å². The Bertz CT molecular complexity index is 817. The minimum absolute atomic E-state index is 0.0566. The van der Waals surface area contributed by atoms with Crippen LogP contribution in [0.4, 0.5) is 0 Å². The van der Waals surface area contributed by atoms with Gasteiger partial charge in [-0.2, -0.15) is 0 Å². The van der Waals surface area contributed by atoms with Gasteiger partial charge in [-0.15, -0.1) is 0 Å². The number of ketones is 1. The van der Waals surface area contributed by atoms with Gasteiger partial charge in [0.2, 0.25) is 5.78 Å². The maximum absolute atomic E-state index is 12.3. The fourth-order valence-corrected chi connectivity index (χ4v) is 2.78. The number of Topliss-reactive ketones (excluding diaryl/α,β-unsaturated/α-hetero) is 1. The fourth-order valence-electron chi connectivity index (χ4n) is 2.57. The van der Waals surface area contributed by atoms with Gasteiger partial charge in [-0.3, -0.25) is 4.79 Å². The van der Waals surface area contributed by atoms with Crippen LogP contribution in [0.3, 0.4) is 0 Å². The molecule has 0 fully saturated rings. The van der Waals surface area contributed by atoms with Gasteiger partial charge in [0.25, 0.3) is 0 Å². The van der Waals surface area contributed by atoms with Crippen molar-refractivity contribution < 1.29 is 14.3 Å². The number of benzene rings is 2. The lowest BCUT2D eigenvalue weighted by Gasteiger charge is -2.09. The number of hydrogen-bond donors (Lipinski definition) is 0. The molecule has 1 aliphatic heterocycles. The number of fused-ring (bicyclic) bond motifs is 1. The van der Waals surface area contributed by atoms with Gasteiger partial charge in [0.05, 0.1) is 5.56 Å². The molecule has 0 radical (unpaired) electrons. The molecule has 23 heavy (non-hydrogen) atoms. The minimum atomic E-state index is -0.0566. The highest BCUT2D eigenvalue weighted by atomic mass is 35.5. The topological polar surface area (TPSA) is 35.5 Å². The first kappa shape index (κ1) is 15.6. The zero-order valence-electron chi connectivity index (χ0n) is 13.3. The Hall–Kier alpha value is -2.26. The Morgan fingerprint density at radius 1 is 1.22 bits per heavy atom. The first-order valence-corrected chi connectivity index (χ1v) is 7.75. The zero-order chi connectivity index (χ0) is 16.6. The summed E-state index contributed by atoms with van der Waals surface area (Å²) in [5.74, 6) is 1.59. The summed E-state index contributed by atoms with van der Waals surface area (Å²) in [5, 5.41) is 0.679. The Morgan fingerprint density at radius 2 is 2.00 bits per heavy atom. The molecule has 0 saturated carbocycles. The van der Waals surface area contributed by atoms with E-state index in [1.54, 1.807) is 6.07 Å². The average molecular weight is 329 g/mol. The summed E-state index contributed by atoms with van der Waals surface area (Å²) in [6.07, 6.45) is 0. The SMILES string of the molecule is CC(C)=C1Oc2cc(OCc3cccc(Cl)c3)cc(C)c2C1=O. The monoisotopic (exact) mass is 328 g/mol. The Labute approximate surface area is 140 Å². The molecular weight excluding hydrogens is 312 g/mol. The van der Waals surface area contributed by atoms with Gasteiger partial charge in [0, 0.05) is 11.1 Å². The van der Waals surface area contributed by atoms with Crippen LogP contribution in [0.1, 0.15) is 35.3 Å². The Balaban J connectivity index is 1.85. The van der Waals surface area contributed by atoms with Crippen LogP contribution < -0.4 is 9.47 Å². The van der Waals surface area contributed by atoms with Crippen molar-refractivity contribution in [1.29, 1.82) is 0 Å². The van der Waals surface area contributed by atoms with Gasteiger partial charge >= 0.3 is 0 Å². The number of allylic oxidation sites excluding steroid dienone is 2.